The van der Waals surface area contributed by atoms with E-state index in [9.17, 15) is 13.2 Å². The normalized spacial score (nSPS) is 12.1. The summed E-state index contributed by atoms with van der Waals surface area (Å²) >= 11 is 3.18. The van der Waals surface area contributed by atoms with Gasteiger partial charge < -0.3 is 11.1 Å². The fourth-order valence-corrected chi connectivity index (χ4v) is 3.33. The molecule has 0 atom stereocenters. The third-order valence-corrected chi connectivity index (χ3v) is 4.29. The number of benzene rings is 1. The van der Waals surface area contributed by atoms with Gasteiger partial charge in [0.15, 0.2) is 0 Å². The van der Waals surface area contributed by atoms with Crippen LogP contribution in [0.15, 0.2) is 21.5 Å². The summed E-state index contributed by atoms with van der Waals surface area (Å²) in [4.78, 5) is 11.7. The smallest absolute Gasteiger partial charge is 0.329 e. The van der Waals surface area contributed by atoms with Gasteiger partial charge in [0.1, 0.15) is 0 Å². The number of amides is 2. The monoisotopic (exact) mass is 363 g/mol. The van der Waals surface area contributed by atoms with E-state index in [1.54, 1.807) is 33.8 Å². The molecule has 0 unspecified atom stereocenters. The van der Waals surface area contributed by atoms with Gasteiger partial charge in [-0.15, -0.1) is 0 Å². The van der Waals surface area contributed by atoms with Crippen molar-refractivity contribution in [3.8, 4) is 0 Å². The molecule has 112 valence electrons. The molecule has 0 bridgehead atoms. The molecule has 0 aromatic heterocycles. The predicted octanol–water partition coefficient (Wildman–Crippen LogP) is 2.13. The predicted molar refractivity (Wildman–Crippen MR) is 81.9 cm³/mol. The number of anilines is 1. The first-order chi connectivity index (χ1) is 8.92. The lowest BCUT2D eigenvalue weighted by atomic mass is 10.1. The number of nitrogen functional groups attached to an aromatic ring is 1. The lowest BCUT2D eigenvalue weighted by Gasteiger charge is -2.21. The summed E-state index contributed by atoms with van der Waals surface area (Å²) in [6.07, 6.45) is 0. The average molecular weight is 364 g/mol. The molecule has 8 heteroatoms. The van der Waals surface area contributed by atoms with E-state index in [0.717, 1.165) is 0 Å². The van der Waals surface area contributed by atoms with Crippen LogP contribution >= 0.6 is 15.9 Å². The Morgan fingerprint density at radius 3 is 2.35 bits per heavy atom. The molecule has 0 heterocycles. The minimum absolute atomic E-state index is 0.0339. The Morgan fingerprint density at radius 2 is 1.85 bits per heavy atom. The van der Waals surface area contributed by atoms with Crippen LogP contribution < -0.4 is 15.8 Å². The van der Waals surface area contributed by atoms with Crippen molar-refractivity contribution in [1.82, 2.24) is 10.0 Å². The first kappa shape index (κ1) is 16.8. The van der Waals surface area contributed by atoms with E-state index >= 15 is 0 Å². The van der Waals surface area contributed by atoms with Gasteiger partial charge in [-0.3, -0.25) is 0 Å². The largest absolute Gasteiger partial charge is 0.398 e. The highest BCUT2D eigenvalue weighted by Crippen LogP contribution is 2.26. The van der Waals surface area contributed by atoms with Gasteiger partial charge in [0, 0.05) is 15.7 Å². The Morgan fingerprint density at radius 1 is 1.30 bits per heavy atom. The molecule has 0 radical (unpaired) electrons. The van der Waals surface area contributed by atoms with Gasteiger partial charge in [0.05, 0.1) is 4.90 Å². The highest BCUT2D eigenvalue weighted by Gasteiger charge is 2.23. The Kier molecular flexibility index (Phi) is 4.70. The number of nitrogens with two attached hydrogens (primary N) is 1. The molecule has 1 aromatic rings. The van der Waals surface area contributed by atoms with Crippen molar-refractivity contribution in [2.24, 2.45) is 0 Å². The Hall–Kier alpha value is -1.28. The molecule has 0 saturated carbocycles. The van der Waals surface area contributed by atoms with E-state index < -0.39 is 21.6 Å². The number of nitrogens with one attached hydrogen (secondary N) is 2. The Bertz CT molecular complexity index is 636. The molecule has 0 saturated heterocycles. The molecule has 1 rings (SSSR count). The molecule has 4 N–H and O–H groups in total. The number of sulfonamides is 1. The van der Waals surface area contributed by atoms with Crippen molar-refractivity contribution in [2.75, 3.05) is 5.73 Å². The maximum atomic E-state index is 12.2. The maximum absolute atomic E-state index is 12.2. The molecule has 0 spiro atoms. The fourth-order valence-electron chi connectivity index (χ4n) is 1.50. The van der Waals surface area contributed by atoms with E-state index in [-0.39, 0.29) is 4.90 Å². The number of carbonyl (C=O) groups is 1. The molecular formula is C12H18BrN3O3S. The van der Waals surface area contributed by atoms with Crippen LogP contribution in [-0.4, -0.2) is 20.0 Å². The Balaban J connectivity index is 3.10. The van der Waals surface area contributed by atoms with Crippen molar-refractivity contribution < 1.29 is 13.2 Å². The zero-order valence-corrected chi connectivity index (χ0v) is 14.1. The van der Waals surface area contributed by atoms with Gasteiger partial charge in [-0.1, -0.05) is 15.9 Å². The lowest BCUT2D eigenvalue weighted by molar-refractivity contribution is 0.237. The number of urea groups is 1. The topological polar surface area (TPSA) is 101 Å². The van der Waals surface area contributed by atoms with Gasteiger partial charge in [-0.05, 0) is 45.4 Å². The standard InChI is InChI=1S/C12H18BrN3O3S/c1-7-9(14)5-8(13)6-10(7)20(18,19)16-11(17)15-12(2,3)4/h5-6H,14H2,1-4H3,(H2,15,16,17). The quantitative estimate of drug-likeness (QED) is 0.700. The van der Waals surface area contributed by atoms with E-state index in [1.165, 1.54) is 6.07 Å². The average Bonchev–Trinajstić information content (AvgIpc) is 2.19. The summed E-state index contributed by atoms with van der Waals surface area (Å²) in [5, 5.41) is 2.52. The van der Waals surface area contributed by atoms with E-state index in [4.69, 9.17) is 5.73 Å². The molecule has 6 nitrogen and oxygen atoms in total. The highest BCUT2D eigenvalue weighted by atomic mass is 79.9. The molecule has 0 aliphatic heterocycles. The molecule has 0 aliphatic rings. The van der Waals surface area contributed by atoms with Crippen LogP contribution in [0.5, 0.6) is 0 Å². The van der Waals surface area contributed by atoms with E-state index in [2.05, 4.69) is 21.2 Å². The number of hydrogen-bond donors (Lipinski definition) is 3. The summed E-state index contributed by atoms with van der Waals surface area (Å²) in [6.45, 7) is 6.84. The van der Waals surface area contributed by atoms with Crippen LogP contribution in [0.2, 0.25) is 0 Å². The van der Waals surface area contributed by atoms with Crippen molar-refractivity contribution in [1.29, 1.82) is 0 Å². The molecule has 1 aromatic carbocycles. The second-order valence-electron chi connectivity index (χ2n) is 5.43. The SMILES string of the molecule is Cc1c(N)cc(Br)cc1S(=O)(=O)NC(=O)NC(C)(C)C. The van der Waals surface area contributed by atoms with Crippen molar-refractivity contribution in [3.63, 3.8) is 0 Å². The summed E-state index contributed by atoms with van der Waals surface area (Å²) in [5.74, 6) is 0. The van der Waals surface area contributed by atoms with Crippen molar-refractivity contribution in [3.05, 3.63) is 22.2 Å². The van der Waals surface area contributed by atoms with Gasteiger partial charge in [-0.2, -0.15) is 0 Å². The van der Waals surface area contributed by atoms with Gasteiger partial charge in [0.2, 0.25) is 0 Å². The number of hydrogen-bond acceptors (Lipinski definition) is 4. The van der Waals surface area contributed by atoms with Gasteiger partial charge in [0.25, 0.3) is 10.0 Å². The summed E-state index contributed by atoms with van der Waals surface area (Å²) in [6, 6.07) is 2.22. The lowest BCUT2D eigenvalue weighted by Crippen LogP contribution is -2.48. The van der Waals surface area contributed by atoms with Crippen LogP contribution in [0.3, 0.4) is 0 Å². The second kappa shape index (κ2) is 5.61. The summed E-state index contributed by atoms with van der Waals surface area (Å²) in [7, 11) is -3.98. The fraction of sp³-hybridized carbons (Fsp3) is 0.417. The first-order valence-electron chi connectivity index (χ1n) is 5.83. The van der Waals surface area contributed by atoms with Crippen LogP contribution in [-0.2, 0) is 10.0 Å². The van der Waals surface area contributed by atoms with Crippen LogP contribution in [0, 0.1) is 6.92 Å². The third-order valence-electron chi connectivity index (χ3n) is 2.37. The van der Waals surface area contributed by atoms with E-state index in [0.29, 0.717) is 15.7 Å². The maximum Gasteiger partial charge on any atom is 0.329 e. The molecular weight excluding hydrogens is 346 g/mol. The summed E-state index contributed by atoms with van der Waals surface area (Å²) < 4.78 is 26.9. The first-order valence-corrected chi connectivity index (χ1v) is 8.10. The zero-order chi connectivity index (χ0) is 15.7. The molecule has 0 fully saturated rings. The minimum atomic E-state index is -3.98. The van der Waals surface area contributed by atoms with Crippen LogP contribution in [0.25, 0.3) is 0 Å². The summed E-state index contributed by atoms with van der Waals surface area (Å²) in [5.41, 5.74) is 5.91. The molecule has 2 amide bonds. The Labute approximate surface area is 127 Å². The van der Waals surface area contributed by atoms with Crippen LogP contribution in [0.1, 0.15) is 26.3 Å². The second-order valence-corrected chi connectivity index (χ2v) is 7.99. The van der Waals surface area contributed by atoms with Gasteiger partial charge >= 0.3 is 6.03 Å². The van der Waals surface area contributed by atoms with E-state index in [1.807, 2.05) is 4.72 Å². The number of carbonyl (C=O) groups excluding carboxylic acids is 1. The molecule has 20 heavy (non-hydrogen) atoms. The van der Waals surface area contributed by atoms with Gasteiger partial charge in [-0.25, -0.2) is 17.9 Å². The minimum Gasteiger partial charge on any atom is -0.398 e. The van der Waals surface area contributed by atoms with Crippen LogP contribution in [0.4, 0.5) is 10.5 Å². The highest BCUT2D eigenvalue weighted by molar-refractivity contribution is 9.10. The number of rotatable bonds is 2. The zero-order valence-electron chi connectivity index (χ0n) is 11.7. The number of halogens is 1. The molecule has 0 aliphatic carbocycles. The third kappa shape index (κ3) is 4.38. The van der Waals surface area contributed by atoms with Crippen molar-refractivity contribution in [2.45, 2.75) is 38.1 Å². The van der Waals surface area contributed by atoms with Crippen molar-refractivity contribution >= 4 is 37.7 Å².